The quantitative estimate of drug-likeness (QED) is 0.320. The van der Waals surface area contributed by atoms with E-state index in [-0.39, 0.29) is 22.2 Å². The highest BCUT2D eigenvalue weighted by Crippen LogP contribution is 2.11. The second-order valence-corrected chi connectivity index (χ2v) is 5.49. The maximum absolute atomic E-state index is 12.8. The topological polar surface area (TPSA) is 113 Å². The Bertz CT molecular complexity index is 898. The normalized spacial score (nSPS) is 10.3. The zero-order chi connectivity index (χ0) is 19.8. The summed E-state index contributed by atoms with van der Waals surface area (Å²) < 4.78 is 12.8. The molecule has 2 aromatic rings. The summed E-state index contributed by atoms with van der Waals surface area (Å²) in [5, 5.41) is 12.7. The van der Waals surface area contributed by atoms with E-state index >= 15 is 0 Å². The highest BCUT2D eigenvalue weighted by Gasteiger charge is 2.10. The van der Waals surface area contributed by atoms with E-state index in [0.717, 1.165) is 0 Å². The molecule has 0 aliphatic rings. The van der Waals surface area contributed by atoms with Gasteiger partial charge in [-0.1, -0.05) is 12.1 Å². The number of nitrogens with one attached hydrogen (secondary N) is 3. The van der Waals surface area contributed by atoms with Gasteiger partial charge in [0.05, 0.1) is 4.92 Å². The van der Waals surface area contributed by atoms with Crippen LogP contribution in [0.5, 0.6) is 0 Å². The van der Waals surface area contributed by atoms with Crippen LogP contribution in [0.1, 0.15) is 15.9 Å². The molecule has 27 heavy (non-hydrogen) atoms. The van der Waals surface area contributed by atoms with Crippen molar-refractivity contribution in [3.63, 3.8) is 0 Å². The first kappa shape index (κ1) is 19.7. The van der Waals surface area contributed by atoms with Gasteiger partial charge < -0.3 is 0 Å². The summed E-state index contributed by atoms with van der Waals surface area (Å²) in [4.78, 5) is 33.6. The van der Waals surface area contributed by atoms with Crippen molar-refractivity contribution in [3.05, 3.63) is 81.7 Å². The van der Waals surface area contributed by atoms with E-state index in [9.17, 15) is 24.1 Å². The maximum atomic E-state index is 12.8. The summed E-state index contributed by atoms with van der Waals surface area (Å²) in [6.45, 7) is 0. The number of carbonyl (C=O) groups excluding carboxylic acids is 2. The van der Waals surface area contributed by atoms with E-state index < -0.39 is 16.7 Å². The van der Waals surface area contributed by atoms with Crippen LogP contribution in [0.2, 0.25) is 0 Å². The smallest absolute Gasteiger partial charge is 0.269 e. The van der Waals surface area contributed by atoms with Crippen molar-refractivity contribution in [2.45, 2.75) is 0 Å². The van der Waals surface area contributed by atoms with Crippen molar-refractivity contribution < 1.29 is 18.9 Å². The summed E-state index contributed by atoms with van der Waals surface area (Å²) in [7, 11) is 0. The van der Waals surface area contributed by atoms with Crippen LogP contribution in [-0.4, -0.2) is 21.9 Å². The summed E-state index contributed by atoms with van der Waals surface area (Å²) in [6, 6.07) is 10.5. The second kappa shape index (κ2) is 9.15. The molecule has 3 N–H and O–H groups in total. The average molecular weight is 388 g/mol. The Morgan fingerprint density at radius 2 is 1.67 bits per heavy atom. The standard InChI is InChI=1S/C17H13FN4O4S/c18-13-6-1-11(2-7-13)3-10-15(23)19-17(27)21-20-16(24)12-4-8-14(9-5-12)22(25)26/h1-10H,(H,20,24)(H2,19,21,23,27)/b10-3+. The fourth-order valence-corrected chi connectivity index (χ4v) is 2.00. The number of non-ortho nitro benzene ring substituents is 1. The number of rotatable bonds is 4. The molecule has 0 unspecified atom stereocenters. The highest BCUT2D eigenvalue weighted by atomic mass is 32.1. The van der Waals surface area contributed by atoms with Crippen LogP contribution in [0.4, 0.5) is 10.1 Å². The largest absolute Gasteiger partial charge is 0.298 e. The molecule has 0 saturated heterocycles. The number of hydrogen-bond donors (Lipinski definition) is 3. The van der Waals surface area contributed by atoms with Gasteiger partial charge in [-0.2, -0.15) is 0 Å². The predicted octanol–water partition coefficient (Wildman–Crippen LogP) is 2.08. The summed E-state index contributed by atoms with van der Waals surface area (Å²) in [6.07, 6.45) is 2.66. The number of halogens is 1. The lowest BCUT2D eigenvalue weighted by atomic mass is 10.2. The Kier molecular flexibility index (Phi) is 6.67. The molecule has 0 aliphatic carbocycles. The van der Waals surface area contributed by atoms with Gasteiger partial charge in [-0.25, -0.2) is 4.39 Å². The number of nitro benzene ring substituents is 1. The monoisotopic (exact) mass is 388 g/mol. The van der Waals surface area contributed by atoms with E-state index in [2.05, 4.69) is 16.2 Å². The van der Waals surface area contributed by atoms with Gasteiger partial charge in [0.1, 0.15) is 5.82 Å². The third-order valence-corrected chi connectivity index (χ3v) is 3.37. The Labute approximate surface area is 158 Å². The van der Waals surface area contributed by atoms with Gasteiger partial charge in [0.15, 0.2) is 5.11 Å². The molecule has 2 rings (SSSR count). The molecule has 8 nitrogen and oxygen atoms in total. The number of thiocarbonyl (C=S) groups is 1. The zero-order valence-corrected chi connectivity index (χ0v) is 14.5. The molecular weight excluding hydrogens is 375 g/mol. The summed E-state index contributed by atoms with van der Waals surface area (Å²) >= 11 is 4.87. The minimum absolute atomic E-state index is 0.143. The van der Waals surface area contributed by atoms with Crippen molar-refractivity contribution >= 4 is 40.9 Å². The third-order valence-electron chi connectivity index (χ3n) is 3.16. The zero-order valence-electron chi connectivity index (χ0n) is 13.6. The van der Waals surface area contributed by atoms with E-state index in [1.807, 2.05) is 0 Å². The lowest BCUT2D eigenvalue weighted by molar-refractivity contribution is -0.384. The molecule has 138 valence electrons. The molecule has 0 aliphatic heterocycles. The van der Waals surface area contributed by atoms with Gasteiger partial charge >= 0.3 is 0 Å². The molecule has 0 atom stereocenters. The van der Waals surface area contributed by atoms with Gasteiger partial charge in [-0.05, 0) is 48.1 Å². The lowest BCUT2D eigenvalue weighted by Crippen LogP contribution is -2.48. The molecule has 10 heteroatoms. The maximum Gasteiger partial charge on any atom is 0.269 e. The molecule has 2 aromatic carbocycles. The Balaban J connectivity index is 1.80. The number of hydrazine groups is 1. The van der Waals surface area contributed by atoms with Crippen LogP contribution in [-0.2, 0) is 4.79 Å². The Morgan fingerprint density at radius 1 is 1.04 bits per heavy atom. The van der Waals surface area contributed by atoms with E-state index in [1.165, 1.54) is 60.7 Å². The molecule has 0 heterocycles. The average Bonchev–Trinajstić information content (AvgIpc) is 2.65. The fraction of sp³-hybridized carbons (Fsp3) is 0. The van der Waals surface area contributed by atoms with E-state index in [0.29, 0.717) is 5.56 Å². The minimum Gasteiger partial charge on any atom is -0.298 e. The molecular formula is C17H13FN4O4S. The van der Waals surface area contributed by atoms with Gasteiger partial charge in [0, 0.05) is 23.8 Å². The molecule has 0 bridgehead atoms. The SMILES string of the molecule is O=C(/C=C/c1ccc(F)cc1)NC(=S)NNC(=O)c1ccc([N+](=O)[O-])cc1. The highest BCUT2D eigenvalue weighted by molar-refractivity contribution is 7.80. The van der Waals surface area contributed by atoms with Crippen LogP contribution >= 0.6 is 12.2 Å². The number of benzene rings is 2. The molecule has 0 fully saturated rings. The van der Waals surface area contributed by atoms with Crippen LogP contribution in [0.3, 0.4) is 0 Å². The molecule has 0 aromatic heterocycles. The van der Waals surface area contributed by atoms with Crippen molar-refractivity contribution in [1.29, 1.82) is 0 Å². The number of nitro groups is 1. The number of hydrogen-bond acceptors (Lipinski definition) is 5. The van der Waals surface area contributed by atoms with Crippen molar-refractivity contribution in [2.24, 2.45) is 0 Å². The van der Waals surface area contributed by atoms with Crippen LogP contribution in [0, 0.1) is 15.9 Å². The van der Waals surface area contributed by atoms with Crippen LogP contribution in [0.15, 0.2) is 54.6 Å². The first-order valence-electron chi connectivity index (χ1n) is 7.44. The molecule has 0 radical (unpaired) electrons. The van der Waals surface area contributed by atoms with Crippen LogP contribution in [0.25, 0.3) is 6.08 Å². The van der Waals surface area contributed by atoms with Crippen molar-refractivity contribution in [1.82, 2.24) is 16.2 Å². The number of amides is 2. The minimum atomic E-state index is -0.594. The number of carbonyl (C=O) groups is 2. The van der Waals surface area contributed by atoms with E-state index in [1.54, 1.807) is 0 Å². The molecule has 0 saturated carbocycles. The Hall–Kier alpha value is -3.66. The first-order chi connectivity index (χ1) is 12.8. The lowest BCUT2D eigenvalue weighted by Gasteiger charge is -2.09. The van der Waals surface area contributed by atoms with Gasteiger partial charge in [-0.3, -0.25) is 35.9 Å². The molecule has 2 amide bonds. The third kappa shape index (κ3) is 6.29. The first-order valence-corrected chi connectivity index (χ1v) is 7.85. The predicted molar refractivity (Wildman–Crippen MR) is 99.9 cm³/mol. The summed E-state index contributed by atoms with van der Waals surface area (Å²) in [5.41, 5.74) is 5.23. The second-order valence-electron chi connectivity index (χ2n) is 5.09. The van der Waals surface area contributed by atoms with Crippen LogP contribution < -0.4 is 16.2 Å². The fourth-order valence-electron chi connectivity index (χ4n) is 1.85. The van der Waals surface area contributed by atoms with Gasteiger partial charge in [0.2, 0.25) is 5.91 Å². The van der Waals surface area contributed by atoms with E-state index in [4.69, 9.17) is 12.2 Å². The number of nitrogens with zero attached hydrogens (tertiary/aromatic N) is 1. The summed E-state index contributed by atoms with van der Waals surface area (Å²) in [5.74, 6) is -1.53. The van der Waals surface area contributed by atoms with Crippen molar-refractivity contribution in [2.75, 3.05) is 0 Å². The Morgan fingerprint density at radius 3 is 2.26 bits per heavy atom. The van der Waals surface area contributed by atoms with Crippen molar-refractivity contribution in [3.8, 4) is 0 Å². The van der Waals surface area contributed by atoms with Gasteiger partial charge in [0.25, 0.3) is 11.6 Å². The molecule has 0 spiro atoms. The van der Waals surface area contributed by atoms with Gasteiger partial charge in [-0.15, -0.1) is 0 Å².